The molecule has 0 aliphatic carbocycles. The van der Waals surface area contributed by atoms with E-state index in [1.54, 1.807) is 6.07 Å². The number of aromatic carboxylic acids is 1. The van der Waals surface area contributed by atoms with Gasteiger partial charge in [-0.1, -0.05) is 24.3 Å². The zero-order valence-corrected chi connectivity index (χ0v) is 13.1. The number of hydrogen-bond donors (Lipinski definition) is 3. The molecule has 0 heterocycles. The molecule has 2 aromatic carbocycles. The first kappa shape index (κ1) is 18.1. The minimum Gasteiger partial charge on any atom is -0.480 e. The quantitative estimate of drug-likeness (QED) is 0.711. The summed E-state index contributed by atoms with van der Waals surface area (Å²) in [4.78, 5) is 34.2. The van der Waals surface area contributed by atoms with Gasteiger partial charge in [0.2, 0.25) is 5.91 Å². The minimum atomic E-state index is -1.21. The Morgan fingerprint density at radius 3 is 2.24 bits per heavy atom. The molecule has 0 radical (unpaired) electrons. The van der Waals surface area contributed by atoms with Gasteiger partial charge in [-0.3, -0.25) is 4.79 Å². The van der Waals surface area contributed by atoms with E-state index in [0.29, 0.717) is 11.1 Å². The van der Waals surface area contributed by atoms with Crippen LogP contribution in [-0.2, 0) is 22.4 Å². The Bertz CT molecular complexity index is 788. The van der Waals surface area contributed by atoms with Gasteiger partial charge in [0.25, 0.3) is 0 Å². The van der Waals surface area contributed by atoms with Crippen LogP contribution in [0.25, 0.3) is 0 Å². The second kappa shape index (κ2) is 8.05. The number of hydrogen-bond acceptors (Lipinski definition) is 3. The van der Waals surface area contributed by atoms with Crippen molar-refractivity contribution >= 4 is 17.8 Å². The van der Waals surface area contributed by atoms with Crippen LogP contribution in [0.2, 0.25) is 0 Å². The van der Waals surface area contributed by atoms with E-state index in [2.05, 4.69) is 5.32 Å². The van der Waals surface area contributed by atoms with E-state index in [1.165, 1.54) is 42.5 Å². The number of carbonyl (C=O) groups excluding carboxylic acids is 1. The number of nitrogens with one attached hydrogen (secondary N) is 1. The van der Waals surface area contributed by atoms with Crippen molar-refractivity contribution in [2.75, 3.05) is 0 Å². The Hall–Kier alpha value is -3.22. The van der Waals surface area contributed by atoms with Crippen molar-refractivity contribution in [2.45, 2.75) is 18.9 Å². The first-order valence-corrected chi connectivity index (χ1v) is 7.44. The van der Waals surface area contributed by atoms with Crippen molar-refractivity contribution in [3.63, 3.8) is 0 Å². The lowest BCUT2D eigenvalue weighted by molar-refractivity contribution is -0.141. The Labute approximate surface area is 142 Å². The third-order valence-corrected chi connectivity index (χ3v) is 3.53. The molecule has 130 valence electrons. The van der Waals surface area contributed by atoms with E-state index in [4.69, 9.17) is 5.11 Å². The number of carboxylic acids is 2. The summed E-state index contributed by atoms with van der Waals surface area (Å²) in [7, 11) is 0. The summed E-state index contributed by atoms with van der Waals surface area (Å²) in [6.07, 6.45) is -0.135. The van der Waals surface area contributed by atoms with Gasteiger partial charge in [-0.25, -0.2) is 14.0 Å². The van der Waals surface area contributed by atoms with Gasteiger partial charge in [0.1, 0.15) is 11.9 Å². The van der Waals surface area contributed by atoms with Gasteiger partial charge in [-0.15, -0.1) is 0 Å². The Morgan fingerprint density at radius 1 is 1.00 bits per heavy atom. The molecule has 0 spiro atoms. The highest BCUT2D eigenvalue weighted by Crippen LogP contribution is 2.09. The van der Waals surface area contributed by atoms with Gasteiger partial charge in [-0.2, -0.15) is 0 Å². The van der Waals surface area contributed by atoms with E-state index in [1.807, 2.05) is 0 Å². The number of rotatable bonds is 7. The molecule has 0 bridgehead atoms. The Kier molecular flexibility index (Phi) is 5.84. The monoisotopic (exact) mass is 345 g/mol. The molecule has 25 heavy (non-hydrogen) atoms. The topological polar surface area (TPSA) is 104 Å². The van der Waals surface area contributed by atoms with Crippen molar-refractivity contribution in [1.82, 2.24) is 5.32 Å². The fourth-order valence-electron chi connectivity index (χ4n) is 2.30. The molecule has 3 N–H and O–H groups in total. The fraction of sp³-hybridized carbons (Fsp3) is 0.167. The van der Waals surface area contributed by atoms with Crippen molar-refractivity contribution in [1.29, 1.82) is 0 Å². The van der Waals surface area contributed by atoms with Gasteiger partial charge in [0, 0.05) is 6.42 Å². The van der Waals surface area contributed by atoms with Crippen LogP contribution in [0.5, 0.6) is 0 Å². The summed E-state index contributed by atoms with van der Waals surface area (Å²) < 4.78 is 13.1. The Morgan fingerprint density at radius 2 is 1.68 bits per heavy atom. The van der Waals surface area contributed by atoms with Gasteiger partial charge in [0.15, 0.2) is 0 Å². The maximum absolute atomic E-state index is 13.1. The second-order valence-corrected chi connectivity index (χ2v) is 5.47. The predicted octanol–water partition coefficient (Wildman–Crippen LogP) is 1.88. The molecular formula is C18H16FNO5. The number of amides is 1. The lowest BCUT2D eigenvalue weighted by Gasteiger charge is -2.15. The van der Waals surface area contributed by atoms with Crippen LogP contribution in [0.15, 0.2) is 48.5 Å². The zero-order chi connectivity index (χ0) is 18.4. The SMILES string of the molecule is O=C(Cc1cccc(F)c1)N[C@H](Cc1ccc(C(=O)O)cc1)C(=O)O. The number of carboxylic acid groups (broad SMARTS) is 2. The summed E-state index contributed by atoms with van der Waals surface area (Å²) in [6.45, 7) is 0. The van der Waals surface area contributed by atoms with Crippen LogP contribution in [0.1, 0.15) is 21.5 Å². The van der Waals surface area contributed by atoms with E-state index in [-0.39, 0.29) is 18.4 Å². The largest absolute Gasteiger partial charge is 0.480 e. The first-order chi connectivity index (χ1) is 11.8. The highest BCUT2D eigenvalue weighted by atomic mass is 19.1. The van der Waals surface area contributed by atoms with E-state index in [0.717, 1.165) is 0 Å². The van der Waals surface area contributed by atoms with Gasteiger partial charge < -0.3 is 15.5 Å². The summed E-state index contributed by atoms with van der Waals surface area (Å²) in [5, 5.41) is 20.5. The van der Waals surface area contributed by atoms with Gasteiger partial charge >= 0.3 is 11.9 Å². The Balaban J connectivity index is 2.01. The first-order valence-electron chi connectivity index (χ1n) is 7.44. The smallest absolute Gasteiger partial charge is 0.335 e. The van der Waals surface area contributed by atoms with Crippen molar-refractivity contribution in [3.05, 3.63) is 71.0 Å². The fourth-order valence-corrected chi connectivity index (χ4v) is 2.30. The number of aliphatic carboxylic acids is 1. The lowest BCUT2D eigenvalue weighted by atomic mass is 10.0. The molecule has 1 amide bonds. The predicted molar refractivity (Wildman–Crippen MR) is 86.8 cm³/mol. The van der Waals surface area contributed by atoms with Gasteiger partial charge in [-0.05, 0) is 35.4 Å². The summed E-state index contributed by atoms with van der Waals surface area (Å²) in [5.74, 6) is -3.31. The maximum Gasteiger partial charge on any atom is 0.335 e. The van der Waals surface area contributed by atoms with Crippen LogP contribution in [0.3, 0.4) is 0 Å². The summed E-state index contributed by atoms with van der Waals surface area (Å²) in [6, 6.07) is 10.1. The number of carbonyl (C=O) groups is 3. The van der Waals surface area contributed by atoms with E-state index < -0.39 is 29.7 Å². The van der Waals surface area contributed by atoms with Crippen LogP contribution >= 0.6 is 0 Å². The molecule has 7 heteroatoms. The molecule has 0 aromatic heterocycles. The molecule has 0 unspecified atom stereocenters. The molecule has 0 fully saturated rings. The number of halogens is 1. The third-order valence-electron chi connectivity index (χ3n) is 3.53. The molecule has 0 saturated heterocycles. The molecule has 2 rings (SSSR count). The summed E-state index contributed by atoms with van der Waals surface area (Å²) >= 11 is 0. The average Bonchev–Trinajstić information content (AvgIpc) is 2.54. The zero-order valence-electron chi connectivity index (χ0n) is 13.1. The molecule has 2 aromatic rings. The third kappa shape index (κ3) is 5.42. The van der Waals surface area contributed by atoms with E-state index >= 15 is 0 Å². The normalized spacial score (nSPS) is 11.6. The average molecular weight is 345 g/mol. The maximum atomic E-state index is 13.1. The van der Waals surface area contributed by atoms with Crippen LogP contribution < -0.4 is 5.32 Å². The molecule has 0 aliphatic rings. The highest BCUT2D eigenvalue weighted by Gasteiger charge is 2.20. The standard InChI is InChI=1S/C18H16FNO5/c19-14-3-1-2-12(8-14)10-16(21)20-15(18(24)25)9-11-4-6-13(7-5-11)17(22)23/h1-8,15H,9-10H2,(H,20,21)(H,22,23)(H,24,25)/t15-/m1/s1. The van der Waals surface area contributed by atoms with Crippen molar-refractivity contribution in [3.8, 4) is 0 Å². The summed E-state index contributed by atoms with van der Waals surface area (Å²) in [5.41, 5.74) is 1.10. The second-order valence-electron chi connectivity index (χ2n) is 5.47. The van der Waals surface area contributed by atoms with E-state index in [9.17, 15) is 23.9 Å². The molecule has 1 atom stereocenters. The highest BCUT2D eigenvalue weighted by molar-refractivity contribution is 5.87. The van der Waals surface area contributed by atoms with Gasteiger partial charge in [0.05, 0.1) is 12.0 Å². The van der Waals surface area contributed by atoms with Crippen molar-refractivity contribution < 1.29 is 29.0 Å². The van der Waals surface area contributed by atoms with Crippen LogP contribution in [0.4, 0.5) is 4.39 Å². The minimum absolute atomic E-state index is 0.00409. The molecular weight excluding hydrogens is 329 g/mol. The van der Waals surface area contributed by atoms with Crippen molar-refractivity contribution in [2.24, 2.45) is 0 Å². The molecule has 6 nitrogen and oxygen atoms in total. The molecule has 0 saturated carbocycles. The lowest BCUT2D eigenvalue weighted by Crippen LogP contribution is -2.43. The van der Waals surface area contributed by atoms with Crippen LogP contribution in [0, 0.1) is 5.82 Å². The molecule has 0 aliphatic heterocycles. The van der Waals surface area contributed by atoms with Crippen LogP contribution in [-0.4, -0.2) is 34.1 Å². The number of benzene rings is 2.